The van der Waals surface area contributed by atoms with Crippen molar-refractivity contribution < 1.29 is 0 Å². The van der Waals surface area contributed by atoms with Gasteiger partial charge >= 0.3 is 0 Å². The van der Waals surface area contributed by atoms with Gasteiger partial charge in [0.2, 0.25) is 0 Å². The van der Waals surface area contributed by atoms with E-state index in [2.05, 4.69) is 52.8 Å². The van der Waals surface area contributed by atoms with Gasteiger partial charge < -0.3 is 0 Å². The summed E-state index contributed by atoms with van der Waals surface area (Å²) in [5, 5.41) is 0. The number of benzene rings is 1. The van der Waals surface area contributed by atoms with E-state index in [0.29, 0.717) is 5.41 Å². The van der Waals surface area contributed by atoms with Crippen LogP contribution in [0.1, 0.15) is 63.1 Å². The summed E-state index contributed by atoms with van der Waals surface area (Å²) in [6.07, 6.45) is 5.30. The van der Waals surface area contributed by atoms with Crippen molar-refractivity contribution in [2.24, 2.45) is 0 Å². The van der Waals surface area contributed by atoms with Crippen LogP contribution in [0.3, 0.4) is 0 Å². The summed E-state index contributed by atoms with van der Waals surface area (Å²) < 4.78 is 0. The van der Waals surface area contributed by atoms with Gasteiger partial charge in [0.05, 0.1) is 0 Å². The van der Waals surface area contributed by atoms with Gasteiger partial charge in [-0.25, -0.2) is 0 Å². The number of aryl methyl sites for hydroxylation is 1. The molecule has 0 amide bonds. The molecule has 1 aromatic carbocycles. The quantitative estimate of drug-likeness (QED) is 0.599. The zero-order valence-electron chi connectivity index (χ0n) is 11.6. The molecule has 0 unspecified atom stereocenters. The van der Waals surface area contributed by atoms with E-state index in [1.165, 1.54) is 42.4 Å². The SMILES string of the molecule is CCCCCC(C)(C)c1cccc(C)c1C. The number of rotatable bonds is 5. The molecule has 0 saturated carbocycles. The lowest BCUT2D eigenvalue weighted by molar-refractivity contribution is 0.448. The van der Waals surface area contributed by atoms with Crippen LogP contribution in [0.15, 0.2) is 18.2 Å². The van der Waals surface area contributed by atoms with Gasteiger partial charge in [0.15, 0.2) is 0 Å². The number of unbranched alkanes of at least 4 members (excludes halogenated alkanes) is 2. The Balaban J connectivity index is 2.84. The van der Waals surface area contributed by atoms with Crippen LogP contribution in [0.25, 0.3) is 0 Å². The normalized spacial score (nSPS) is 11.8. The van der Waals surface area contributed by atoms with Gasteiger partial charge in [-0.3, -0.25) is 0 Å². The molecule has 0 nitrogen and oxygen atoms in total. The van der Waals surface area contributed by atoms with Gasteiger partial charge in [0.25, 0.3) is 0 Å². The Hall–Kier alpha value is -0.780. The summed E-state index contributed by atoms with van der Waals surface area (Å²) in [6, 6.07) is 6.70. The maximum atomic E-state index is 2.38. The predicted molar refractivity (Wildman–Crippen MR) is 73.1 cm³/mol. The lowest BCUT2D eigenvalue weighted by Crippen LogP contribution is -2.18. The smallest absolute Gasteiger partial charge is 0.0101 e. The van der Waals surface area contributed by atoms with E-state index < -0.39 is 0 Å². The molecule has 0 bridgehead atoms. The fourth-order valence-electron chi connectivity index (χ4n) is 2.44. The predicted octanol–water partition coefficient (Wildman–Crippen LogP) is 5.16. The molecular formula is C16H26. The van der Waals surface area contributed by atoms with Crippen LogP contribution in [0.4, 0.5) is 0 Å². The van der Waals surface area contributed by atoms with E-state index in [0.717, 1.165) is 0 Å². The largest absolute Gasteiger partial charge is 0.0654 e. The fourth-order valence-corrected chi connectivity index (χ4v) is 2.44. The molecule has 0 heterocycles. The van der Waals surface area contributed by atoms with Crippen LogP contribution >= 0.6 is 0 Å². The second kappa shape index (κ2) is 5.52. The highest BCUT2D eigenvalue weighted by Crippen LogP contribution is 2.32. The number of hydrogen-bond acceptors (Lipinski definition) is 0. The Morgan fingerprint density at radius 1 is 1.06 bits per heavy atom. The third-order valence-electron chi connectivity index (χ3n) is 3.74. The molecule has 0 aliphatic carbocycles. The van der Waals surface area contributed by atoms with Crippen molar-refractivity contribution in [2.45, 2.75) is 65.7 Å². The maximum Gasteiger partial charge on any atom is -0.0101 e. The highest BCUT2D eigenvalue weighted by Gasteiger charge is 2.22. The van der Waals surface area contributed by atoms with Crippen molar-refractivity contribution in [2.75, 3.05) is 0 Å². The first-order valence-electron chi connectivity index (χ1n) is 6.55. The van der Waals surface area contributed by atoms with Gasteiger partial charge in [-0.15, -0.1) is 0 Å². The summed E-state index contributed by atoms with van der Waals surface area (Å²) in [7, 11) is 0. The molecule has 0 atom stereocenters. The third kappa shape index (κ3) is 3.10. The molecule has 0 aliphatic rings. The standard InChI is InChI=1S/C16H26/c1-6-7-8-12-16(4,5)15-11-9-10-13(2)14(15)3/h9-11H,6-8,12H2,1-5H3. The lowest BCUT2D eigenvalue weighted by Gasteiger charge is -2.28. The molecule has 1 rings (SSSR count). The van der Waals surface area contributed by atoms with Gasteiger partial charge in [-0.2, -0.15) is 0 Å². The highest BCUT2D eigenvalue weighted by molar-refractivity contribution is 5.37. The Morgan fingerprint density at radius 3 is 2.38 bits per heavy atom. The molecule has 0 aromatic heterocycles. The van der Waals surface area contributed by atoms with Gasteiger partial charge in [0.1, 0.15) is 0 Å². The maximum absolute atomic E-state index is 2.38. The first kappa shape index (κ1) is 13.3. The molecule has 0 heteroatoms. The first-order chi connectivity index (χ1) is 7.49. The Bertz CT molecular complexity index is 334. The molecule has 1 aromatic rings. The fraction of sp³-hybridized carbons (Fsp3) is 0.625. The minimum atomic E-state index is 0.325. The van der Waals surface area contributed by atoms with Crippen molar-refractivity contribution in [3.63, 3.8) is 0 Å². The molecule has 90 valence electrons. The van der Waals surface area contributed by atoms with Crippen LogP contribution in [0, 0.1) is 13.8 Å². The van der Waals surface area contributed by atoms with Crippen LogP contribution in [-0.2, 0) is 5.41 Å². The van der Waals surface area contributed by atoms with Crippen molar-refractivity contribution in [1.29, 1.82) is 0 Å². The monoisotopic (exact) mass is 218 g/mol. The van der Waals surface area contributed by atoms with E-state index in [1.54, 1.807) is 0 Å². The topological polar surface area (TPSA) is 0 Å². The van der Waals surface area contributed by atoms with E-state index in [9.17, 15) is 0 Å². The highest BCUT2D eigenvalue weighted by atomic mass is 14.3. The second-order valence-corrected chi connectivity index (χ2v) is 5.59. The van der Waals surface area contributed by atoms with Crippen LogP contribution < -0.4 is 0 Å². The van der Waals surface area contributed by atoms with E-state index in [4.69, 9.17) is 0 Å². The minimum Gasteiger partial charge on any atom is -0.0654 e. The van der Waals surface area contributed by atoms with Gasteiger partial charge in [0, 0.05) is 0 Å². The number of hydrogen-bond donors (Lipinski definition) is 0. The molecular weight excluding hydrogens is 192 g/mol. The molecule has 0 aliphatic heterocycles. The van der Waals surface area contributed by atoms with Crippen LogP contribution in [0.2, 0.25) is 0 Å². The molecule has 0 N–H and O–H groups in total. The van der Waals surface area contributed by atoms with Crippen molar-refractivity contribution in [3.8, 4) is 0 Å². The zero-order valence-corrected chi connectivity index (χ0v) is 11.6. The summed E-state index contributed by atoms with van der Waals surface area (Å²) >= 11 is 0. The Kier molecular flexibility index (Phi) is 4.58. The zero-order chi connectivity index (χ0) is 12.2. The van der Waals surface area contributed by atoms with Crippen molar-refractivity contribution in [3.05, 3.63) is 34.9 Å². The molecule has 0 radical (unpaired) electrons. The molecule has 0 fully saturated rings. The first-order valence-corrected chi connectivity index (χ1v) is 6.55. The summed E-state index contributed by atoms with van der Waals surface area (Å²) in [6.45, 7) is 11.5. The van der Waals surface area contributed by atoms with Gasteiger partial charge in [-0.05, 0) is 42.4 Å². The average molecular weight is 218 g/mol. The Labute approximate surface area is 101 Å². The molecule has 0 saturated heterocycles. The van der Waals surface area contributed by atoms with E-state index in [1.807, 2.05) is 0 Å². The third-order valence-corrected chi connectivity index (χ3v) is 3.74. The van der Waals surface area contributed by atoms with Crippen molar-refractivity contribution in [1.82, 2.24) is 0 Å². The summed E-state index contributed by atoms with van der Waals surface area (Å²) in [5.74, 6) is 0. The van der Waals surface area contributed by atoms with Gasteiger partial charge in [-0.1, -0.05) is 58.2 Å². The summed E-state index contributed by atoms with van der Waals surface area (Å²) in [5.41, 5.74) is 4.75. The van der Waals surface area contributed by atoms with Crippen LogP contribution in [-0.4, -0.2) is 0 Å². The van der Waals surface area contributed by atoms with E-state index in [-0.39, 0.29) is 0 Å². The minimum absolute atomic E-state index is 0.325. The Morgan fingerprint density at radius 2 is 1.75 bits per heavy atom. The molecule has 16 heavy (non-hydrogen) atoms. The summed E-state index contributed by atoms with van der Waals surface area (Å²) in [4.78, 5) is 0. The lowest BCUT2D eigenvalue weighted by atomic mass is 9.77. The molecule has 0 spiro atoms. The average Bonchev–Trinajstić information content (AvgIpc) is 2.22. The van der Waals surface area contributed by atoms with Crippen LogP contribution in [0.5, 0.6) is 0 Å². The van der Waals surface area contributed by atoms with E-state index >= 15 is 0 Å². The second-order valence-electron chi connectivity index (χ2n) is 5.59. The van der Waals surface area contributed by atoms with Crippen molar-refractivity contribution >= 4 is 0 Å².